The fourth-order valence-corrected chi connectivity index (χ4v) is 0.331. The minimum atomic E-state index is -5.83. The third-order valence-corrected chi connectivity index (χ3v) is 1.40. The largest absolute Gasteiger partial charge is 0.476 e. The number of carboxylic acids is 1. The molecule has 0 saturated carbocycles. The van der Waals surface area contributed by atoms with E-state index in [4.69, 9.17) is 9.66 Å². The number of carbonyl (C=O) groups is 1. The van der Waals surface area contributed by atoms with Crippen LogP contribution in [-0.4, -0.2) is 43.5 Å². The predicted molar refractivity (Wildman–Crippen MR) is 37.1 cm³/mol. The van der Waals surface area contributed by atoms with Gasteiger partial charge in [0.05, 0.1) is 0 Å². The Morgan fingerprint density at radius 1 is 1.38 bits per heavy atom. The Balaban J connectivity index is 0. The van der Waals surface area contributed by atoms with E-state index in [1.165, 1.54) is 0 Å². The lowest BCUT2D eigenvalue weighted by molar-refractivity contribution is -0.154. The highest BCUT2D eigenvalue weighted by Crippen LogP contribution is 2.19. The maximum Gasteiger partial charge on any atom is 0.465 e. The molecule has 0 heterocycles. The van der Waals surface area contributed by atoms with E-state index in [0.29, 0.717) is 0 Å². The van der Waals surface area contributed by atoms with Crippen molar-refractivity contribution in [3.05, 3.63) is 0 Å². The van der Waals surface area contributed by atoms with Crippen LogP contribution in [0.25, 0.3) is 0 Å². The summed E-state index contributed by atoms with van der Waals surface area (Å²) in [6.07, 6.45) is 0. The average Bonchev–Trinajstić information content (AvgIpc) is 1.86. The van der Waals surface area contributed by atoms with E-state index < -0.39 is 21.3 Å². The van der Waals surface area contributed by atoms with Crippen molar-refractivity contribution >= 4 is 16.1 Å². The van der Waals surface area contributed by atoms with E-state index in [1.807, 2.05) is 0 Å². The second-order valence-electron chi connectivity index (χ2n) is 1.71. The fraction of sp³-hybridized carbons (Fsp3) is 0.750. The number of hydrogen-bond acceptors (Lipinski definition) is 4. The summed E-state index contributed by atoms with van der Waals surface area (Å²) in [6, 6.07) is 0. The second kappa shape index (κ2) is 5.04. The molecule has 13 heavy (non-hydrogen) atoms. The van der Waals surface area contributed by atoms with Crippen LogP contribution < -0.4 is 0 Å². The van der Waals surface area contributed by atoms with Crippen LogP contribution in [0, 0.1) is 0 Å². The van der Waals surface area contributed by atoms with Crippen molar-refractivity contribution in [2.75, 3.05) is 14.2 Å². The zero-order valence-electron chi connectivity index (χ0n) is 6.69. The first-order valence-electron chi connectivity index (χ1n) is 2.59. The quantitative estimate of drug-likeness (QED) is 0.628. The van der Waals surface area contributed by atoms with Gasteiger partial charge in [0.1, 0.15) is 0 Å². The molecule has 0 radical (unpaired) electrons. The molecule has 9 heteroatoms. The van der Waals surface area contributed by atoms with E-state index in [-0.39, 0.29) is 0 Å². The third-order valence-electron chi connectivity index (χ3n) is 0.573. The fourth-order valence-electron chi connectivity index (χ4n) is 0.110. The van der Waals surface area contributed by atoms with Crippen LogP contribution in [0.4, 0.5) is 8.78 Å². The van der Waals surface area contributed by atoms with Gasteiger partial charge in [0, 0.05) is 14.2 Å². The molecule has 2 N–H and O–H groups in total. The molecule has 0 bridgehead atoms. The molecular weight excluding hydrogens is 214 g/mol. The molecule has 0 atom stereocenters. The molecule has 0 unspecified atom stereocenters. The standard InChI is InChI=1S/C2H2F2O5S.C2H6O/c3-2(4,1(5)6)10(7,8)9;1-3-2/h(H,5,6)(H,7,8,9);1-2H3. The highest BCUT2D eigenvalue weighted by molar-refractivity contribution is 7.87. The summed E-state index contributed by atoms with van der Waals surface area (Å²) in [7, 11) is -2.58. The molecule has 0 aliphatic carbocycles. The van der Waals surface area contributed by atoms with Crippen LogP contribution in [0.15, 0.2) is 0 Å². The summed E-state index contributed by atoms with van der Waals surface area (Å²) in [6.45, 7) is 0. The molecule has 0 aliphatic heterocycles. The van der Waals surface area contributed by atoms with E-state index in [0.717, 1.165) is 0 Å². The smallest absolute Gasteiger partial charge is 0.465 e. The zero-order chi connectivity index (χ0) is 11.3. The summed E-state index contributed by atoms with van der Waals surface area (Å²) in [5.41, 5.74) is 0. The van der Waals surface area contributed by atoms with Gasteiger partial charge in [-0.3, -0.25) is 4.55 Å². The van der Waals surface area contributed by atoms with Gasteiger partial charge in [-0.05, 0) is 0 Å². The zero-order valence-corrected chi connectivity index (χ0v) is 7.51. The number of carboxylic acid groups (broad SMARTS) is 1. The summed E-state index contributed by atoms with van der Waals surface area (Å²) < 4.78 is 54.1. The van der Waals surface area contributed by atoms with E-state index >= 15 is 0 Å². The van der Waals surface area contributed by atoms with Gasteiger partial charge < -0.3 is 9.84 Å². The van der Waals surface area contributed by atoms with E-state index in [9.17, 15) is 22.0 Å². The first-order valence-corrected chi connectivity index (χ1v) is 4.03. The Hall–Kier alpha value is -0.800. The first-order chi connectivity index (χ1) is 5.61. The average molecular weight is 222 g/mol. The molecule has 0 aliphatic rings. The minimum Gasteiger partial charge on any atom is -0.476 e. The van der Waals surface area contributed by atoms with Gasteiger partial charge in [-0.2, -0.15) is 17.2 Å². The number of hydrogen-bond donors (Lipinski definition) is 2. The van der Waals surface area contributed by atoms with Gasteiger partial charge in [0.2, 0.25) is 0 Å². The Bertz CT molecular complexity index is 258. The van der Waals surface area contributed by atoms with Crippen LogP contribution in [0.5, 0.6) is 0 Å². The van der Waals surface area contributed by atoms with Gasteiger partial charge in [-0.25, -0.2) is 4.79 Å². The molecule has 0 aromatic heterocycles. The van der Waals surface area contributed by atoms with Crippen LogP contribution in [-0.2, 0) is 19.6 Å². The van der Waals surface area contributed by atoms with Crippen molar-refractivity contribution in [2.24, 2.45) is 0 Å². The maximum atomic E-state index is 11.6. The number of aliphatic carboxylic acids is 1. The van der Waals surface area contributed by atoms with Gasteiger partial charge in [0.15, 0.2) is 0 Å². The minimum absolute atomic E-state index is 1.62. The number of ether oxygens (including phenoxy) is 1. The Morgan fingerprint density at radius 3 is 1.62 bits per heavy atom. The lowest BCUT2D eigenvalue weighted by Gasteiger charge is -2.04. The summed E-state index contributed by atoms with van der Waals surface area (Å²) >= 11 is 0. The molecule has 0 spiro atoms. The summed E-state index contributed by atoms with van der Waals surface area (Å²) in [4.78, 5) is 9.38. The molecule has 0 saturated heterocycles. The molecular formula is C4H8F2O6S. The number of rotatable bonds is 2. The van der Waals surface area contributed by atoms with Gasteiger partial charge in [-0.15, -0.1) is 0 Å². The van der Waals surface area contributed by atoms with Crippen molar-refractivity contribution in [3.8, 4) is 0 Å². The molecule has 0 aromatic carbocycles. The van der Waals surface area contributed by atoms with E-state index in [1.54, 1.807) is 14.2 Å². The van der Waals surface area contributed by atoms with Gasteiger partial charge >= 0.3 is 21.3 Å². The normalized spacial score (nSPS) is 11.5. The van der Waals surface area contributed by atoms with E-state index in [2.05, 4.69) is 4.74 Å². The number of halogens is 2. The summed E-state index contributed by atoms with van der Waals surface area (Å²) in [5.74, 6) is -2.91. The Morgan fingerprint density at radius 2 is 1.62 bits per heavy atom. The number of methoxy groups -OCH3 is 1. The van der Waals surface area contributed by atoms with Gasteiger partial charge in [-0.1, -0.05) is 0 Å². The van der Waals surface area contributed by atoms with Gasteiger partial charge in [0.25, 0.3) is 0 Å². The van der Waals surface area contributed by atoms with Crippen LogP contribution in [0.2, 0.25) is 0 Å². The van der Waals surface area contributed by atoms with Crippen molar-refractivity contribution in [1.82, 2.24) is 0 Å². The van der Waals surface area contributed by atoms with Crippen LogP contribution >= 0.6 is 0 Å². The third kappa shape index (κ3) is 4.70. The molecule has 80 valence electrons. The van der Waals surface area contributed by atoms with Crippen molar-refractivity contribution in [1.29, 1.82) is 0 Å². The molecule has 0 fully saturated rings. The highest BCUT2D eigenvalue weighted by Gasteiger charge is 2.52. The Labute approximate surface area is 72.9 Å². The Kier molecular flexibility index (Phi) is 5.71. The van der Waals surface area contributed by atoms with Crippen LogP contribution in [0.3, 0.4) is 0 Å². The lowest BCUT2D eigenvalue weighted by atomic mass is 10.7. The monoisotopic (exact) mass is 222 g/mol. The van der Waals surface area contributed by atoms with Crippen molar-refractivity contribution < 1.29 is 36.4 Å². The molecule has 0 rings (SSSR count). The van der Waals surface area contributed by atoms with Crippen molar-refractivity contribution in [2.45, 2.75) is 5.25 Å². The lowest BCUT2D eigenvalue weighted by Crippen LogP contribution is -2.36. The van der Waals surface area contributed by atoms with Crippen molar-refractivity contribution in [3.63, 3.8) is 0 Å². The second-order valence-corrected chi connectivity index (χ2v) is 3.17. The first kappa shape index (κ1) is 14.7. The topological polar surface area (TPSA) is 101 Å². The molecule has 0 aromatic rings. The summed E-state index contributed by atoms with van der Waals surface area (Å²) in [5, 5.41) is 2.37. The SMILES string of the molecule is COC.O=C(O)C(F)(F)S(=O)(=O)O. The maximum absolute atomic E-state index is 11.6. The van der Waals surface area contributed by atoms with Crippen LogP contribution in [0.1, 0.15) is 0 Å². The number of alkyl halides is 2. The highest BCUT2D eigenvalue weighted by atomic mass is 32.2. The molecule has 0 amide bonds. The predicted octanol–water partition coefficient (Wildman–Crippen LogP) is -0.186. The molecule has 6 nitrogen and oxygen atoms in total.